The van der Waals surface area contributed by atoms with Crippen molar-refractivity contribution in [2.24, 2.45) is 0 Å². The molecule has 0 atom stereocenters. The summed E-state index contributed by atoms with van der Waals surface area (Å²) in [6, 6.07) is 3.77. The fourth-order valence-electron chi connectivity index (χ4n) is 3.84. The first-order chi connectivity index (χ1) is 13.7. The maximum atomic E-state index is 11.0. The average Bonchev–Trinajstić information content (AvgIpc) is 3.25. The molecule has 0 aromatic carbocycles. The Kier molecular flexibility index (Phi) is 5.70. The van der Waals surface area contributed by atoms with E-state index in [1.165, 1.54) is 11.2 Å². The van der Waals surface area contributed by atoms with Crippen LogP contribution in [0.15, 0.2) is 31.0 Å². The first kappa shape index (κ1) is 18.7. The van der Waals surface area contributed by atoms with E-state index in [-0.39, 0.29) is 18.3 Å². The van der Waals surface area contributed by atoms with Gasteiger partial charge in [-0.25, -0.2) is 19.4 Å². The minimum absolute atomic E-state index is 0.173. The Hall–Kier alpha value is -2.68. The molecule has 0 spiro atoms. The summed E-state index contributed by atoms with van der Waals surface area (Å²) in [6.45, 7) is 1.13. The van der Waals surface area contributed by atoms with Crippen LogP contribution in [0.2, 0.25) is 0 Å². The third-order valence-corrected chi connectivity index (χ3v) is 5.40. The fourth-order valence-corrected chi connectivity index (χ4v) is 3.84. The SMILES string of the molecule is O=C(O)N1CCC(OC2CCC(Oc3ccc(-n4cncn4)nc3)CC2)CC1. The van der Waals surface area contributed by atoms with Crippen LogP contribution in [-0.4, -0.2) is 67.2 Å². The molecule has 1 aliphatic carbocycles. The topological polar surface area (TPSA) is 103 Å². The zero-order chi connectivity index (χ0) is 19.3. The van der Waals surface area contributed by atoms with Gasteiger partial charge in [0.2, 0.25) is 0 Å². The van der Waals surface area contributed by atoms with Crippen LogP contribution in [-0.2, 0) is 4.74 Å². The number of amides is 1. The Morgan fingerprint density at radius 3 is 2.36 bits per heavy atom. The monoisotopic (exact) mass is 387 g/mol. The lowest BCUT2D eigenvalue weighted by molar-refractivity contribution is -0.0641. The summed E-state index contributed by atoms with van der Waals surface area (Å²) in [5, 5.41) is 13.1. The molecule has 0 radical (unpaired) electrons. The highest BCUT2D eigenvalue weighted by atomic mass is 16.5. The van der Waals surface area contributed by atoms with Gasteiger partial charge in [-0.15, -0.1) is 0 Å². The van der Waals surface area contributed by atoms with Gasteiger partial charge in [-0.1, -0.05) is 0 Å². The highest BCUT2D eigenvalue weighted by molar-refractivity contribution is 5.65. The number of rotatable bonds is 5. The van der Waals surface area contributed by atoms with Gasteiger partial charge >= 0.3 is 6.09 Å². The molecule has 2 aromatic heterocycles. The van der Waals surface area contributed by atoms with E-state index in [9.17, 15) is 4.79 Å². The van der Waals surface area contributed by atoms with Crippen molar-refractivity contribution in [2.45, 2.75) is 56.8 Å². The van der Waals surface area contributed by atoms with Crippen LogP contribution in [0.3, 0.4) is 0 Å². The number of hydrogen-bond donors (Lipinski definition) is 1. The summed E-state index contributed by atoms with van der Waals surface area (Å²) in [5.74, 6) is 1.46. The van der Waals surface area contributed by atoms with E-state index in [1.807, 2.05) is 12.1 Å². The molecule has 28 heavy (non-hydrogen) atoms. The minimum Gasteiger partial charge on any atom is -0.489 e. The maximum absolute atomic E-state index is 11.0. The van der Waals surface area contributed by atoms with Crippen molar-refractivity contribution in [1.82, 2.24) is 24.6 Å². The van der Waals surface area contributed by atoms with Gasteiger partial charge in [0.05, 0.1) is 24.5 Å². The van der Waals surface area contributed by atoms with Gasteiger partial charge in [0, 0.05) is 13.1 Å². The average molecular weight is 387 g/mol. The third-order valence-electron chi connectivity index (χ3n) is 5.40. The highest BCUT2D eigenvalue weighted by Crippen LogP contribution is 2.28. The predicted octanol–water partition coefficient (Wildman–Crippen LogP) is 2.51. The van der Waals surface area contributed by atoms with Gasteiger partial charge in [0.25, 0.3) is 0 Å². The van der Waals surface area contributed by atoms with Crippen molar-refractivity contribution in [1.29, 1.82) is 0 Å². The van der Waals surface area contributed by atoms with Gasteiger partial charge in [0.1, 0.15) is 18.4 Å². The molecule has 1 saturated carbocycles. The lowest BCUT2D eigenvalue weighted by Gasteiger charge is -2.35. The molecule has 1 N–H and O–H groups in total. The molecule has 3 heterocycles. The Morgan fingerprint density at radius 1 is 1.04 bits per heavy atom. The number of carboxylic acid groups (broad SMARTS) is 1. The molecule has 2 aliphatic rings. The van der Waals surface area contributed by atoms with E-state index in [2.05, 4.69) is 15.1 Å². The van der Waals surface area contributed by atoms with Gasteiger partial charge in [0.15, 0.2) is 5.82 Å². The van der Waals surface area contributed by atoms with Crippen molar-refractivity contribution in [2.75, 3.05) is 13.1 Å². The second kappa shape index (κ2) is 8.55. The lowest BCUT2D eigenvalue weighted by Crippen LogP contribution is -2.41. The Morgan fingerprint density at radius 2 is 1.75 bits per heavy atom. The van der Waals surface area contributed by atoms with Crippen molar-refractivity contribution in [3.63, 3.8) is 0 Å². The molecule has 9 heteroatoms. The summed E-state index contributed by atoms with van der Waals surface area (Å²) >= 11 is 0. The zero-order valence-corrected chi connectivity index (χ0v) is 15.7. The summed E-state index contributed by atoms with van der Waals surface area (Å²) in [5.41, 5.74) is 0. The number of aromatic nitrogens is 4. The maximum Gasteiger partial charge on any atom is 0.407 e. The van der Waals surface area contributed by atoms with E-state index >= 15 is 0 Å². The van der Waals surface area contributed by atoms with Gasteiger partial charge in [-0.2, -0.15) is 5.10 Å². The molecule has 150 valence electrons. The van der Waals surface area contributed by atoms with Crippen molar-refractivity contribution in [3.8, 4) is 11.6 Å². The van der Waals surface area contributed by atoms with Crippen LogP contribution in [0.25, 0.3) is 5.82 Å². The van der Waals surface area contributed by atoms with E-state index in [1.54, 1.807) is 17.2 Å². The minimum atomic E-state index is -0.833. The molecular weight excluding hydrogens is 362 g/mol. The van der Waals surface area contributed by atoms with Crippen LogP contribution in [0.5, 0.6) is 5.75 Å². The smallest absolute Gasteiger partial charge is 0.407 e. The van der Waals surface area contributed by atoms with Crippen LogP contribution in [0.1, 0.15) is 38.5 Å². The first-order valence-electron chi connectivity index (χ1n) is 9.78. The number of piperidine rings is 1. The molecule has 9 nitrogen and oxygen atoms in total. The largest absolute Gasteiger partial charge is 0.489 e. The number of pyridine rings is 1. The molecule has 4 rings (SSSR count). The molecule has 1 amide bonds. The summed E-state index contributed by atoms with van der Waals surface area (Å²) in [6.07, 6.45) is 9.95. The molecular formula is C19H25N5O4. The molecule has 1 aliphatic heterocycles. The van der Waals surface area contributed by atoms with Crippen molar-refractivity contribution in [3.05, 3.63) is 31.0 Å². The van der Waals surface area contributed by atoms with E-state index in [0.717, 1.165) is 44.3 Å². The van der Waals surface area contributed by atoms with Gasteiger partial charge in [-0.05, 0) is 50.7 Å². The molecule has 2 fully saturated rings. The van der Waals surface area contributed by atoms with Crippen LogP contribution < -0.4 is 4.74 Å². The quantitative estimate of drug-likeness (QED) is 0.841. The molecule has 1 saturated heterocycles. The van der Waals surface area contributed by atoms with Crippen LogP contribution in [0.4, 0.5) is 4.79 Å². The Bertz CT molecular complexity index is 751. The summed E-state index contributed by atoms with van der Waals surface area (Å²) in [7, 11) is 0. The number of likely N-dealkylation sites (tertiary alicyclic amines) is 1. The predicted molar refractivity (Wildman–Crippen MR) is 99.5 cm³/mol. The van der Waals surface area contributed by atoms with E-state index in [4.69, 9.17) is 14.6 Å². The van der Waals surface area contributed by atoms with Crippen molar-refractivity contribution < 1.29 is 19.4 Å². The summed E-state index contributed by atoms with van der Waals surface area (Å²) in [4.78, 5) is 20.7. The number of ether oxygens (including phenoxy) is 2. The van der Waals surface area contributed by atoms with Crippen molar-refractivity contribution >= 4 is 6.09 Å². The standard InChI is InChI=1S/C19H25N5O4/c25-19(26)23-9-7-16(8-10-23)27-14-1-3-15(4-2-14)28-17-5-6-18(21-11-17)24-13-20-12-22-24/h5-6,11-16H,1-4,7-10H2,(H,25,26). The fraction of sp³-hybridized carbons (Fsp3) is 0.579. The van der Waals surface area contributed by atoms with E-state index in [0.29, 0.717) is 18.9 Å². The normalized spacial score (nSPS) is 23.5. The van der Waals surface area contributed by atoms with E-state index < -0.39 is 6.09 Å². The molecule has 0 bridgehead atoms. The van der Waals surface area contributed by atoms with Gasteiger partial charge < -0.3 is 19.5 Å². The van der Waals surface area contributed by atoms with Gasteiger partial charge in [-0.3, -0.25) is 0 Å². The molecule has 0 unspecified atom stereocenters. The van der Waals surface area contributed by atoms with Crippen LogP contribution >= 0.6 is 0 Å². The second-order valence-corrected chi connectivity index (χ2v) is 7.31. The lowest BCUT2D eigenvalue weighted by atomic mass is 9.94. The number of nitrogens with zero attached hydrogens (tertiary/aromatic N) is 5. The Labute approximate surface area is 163 Å². The molecule has 2 aromatic rings. The third kappa shape index (κ3) is 4.59. The summed E-state index contributed by atoms with van der Waals surface area (Å²) < 4.78 is 13.9. The zero-order valence-electron chi connectivity index (χ0n) is 15.7. The first-order valence-corrected chi connectivity index (χ1v) is 9.78. The highest BCUT2D eigenvalue weighted by Gasteiger charge is 2.28. The Balaban J connectivity index is 1.20. The van der Waals surface area contributed by atoms with Crippen LogP contribution in [0, 0.1) is 0 Å². The number of carbonyl (C=O) groups is 1. The second-order valence-electron chi connectivity index (χ2n) is 7.31. The number of hydrogen-bond acceptors (Lipinski definition) is 6.